The Balaban J connectivity index is 2.67. The Labute approximate surface area is 118 Å². The number of methoxy groups -OCH3 is 1. The molecule has 0 aliphatic heterocycles. The Morgan fingerprint density at radius 2 is 1.85 bits per heavy atom. The van der Waals surface area contributed by atoms with E-state index >= 15 is 0 Å². The quantitative estimate of drug-likeness (QED) is 0.604. The van der Waals surface area contributed by atoms with E-state index in [4.69, 9.17) is 4.74 Å². The maximum atomic E-state index is 11.5. The second kappa shape index (κ2) is 6.19. The summed E-state index contributed by atoms with van der Waals surface area (Å²) in [6, 6.07) is 13.1. The highest BCUT2D eigenvalue weighted by molar-refractivity contribution is 5.78. The molecule has 0 radical (unpaired) electrons. The Hall–Kier alpha value is -2.36. The van der Waals surface area contributed by atoms with Crippen LogP contribution in [0.1, 0.15) is 18.9 Å². The predicted molar refractivity (Wildman–Crippen MR) is 79.1 cm³/mol. The molecule has 0 bridgehead atoms. The van der Waals surface area contributed by atoms with Crippen molar-refractivity contribution in [2.45, 2.75) is 19.8 Å². The van der Waals surface area contributed by atoms with Crippen molar-refractivity contribution in [2.24, 2.45) is 0 Å². The van der Waals surface area contributed by atoms with Crippen LogP contribution < -0.4 is 4.74 Å². The van der Waals surface area contributed by atoms with E-state index in [1.54, 1.807) is 6.07 Å². The van der Waals surface area contributed by atoms with E-state index < -0.39 is 0 Å². The fourth-order valence-electron chi connectivity index (χ4n) is 2.34. The summed E-state index contributed by atoms with van der Waals surface area (Å²) in [5.74, 6) is 0.373. The molecule has 4 nitrogen and oxygen atoms in total. The number of ether oxygens (including phenoxy) is 1. The van der Waals surface area contributed by atoms with Crippen LogP contribution in [0.5, 0.6) is 5.75 Å². The van der Waals surface area contributed by atoms with Crippen LogP contribution in [0.25, 0.3) is 11.1 Å². The lowest BCUT2D eigenvalue weighted by Gasteiger charge is -2.11. The molecule has 4 heteroatoms. The van der Waals surface area contributed by atoms with Crippen LogP contribution >= 0.6 is 0 Å². The van der Waals surface area contributed by atoms with Gasteiger partial charge in [-0.05, 0) is 18.1 Å². The van der Waals surface area contributed by atoms with Crippen molar-refractivity contribution in [2.75, 3.05) is 7.11 Å². The van der Waals surface area contributed by atoms with Gasteiger partial charge in [-0.1, -0.05) is 49.7 Å². The summed E-state index contributed by atoms with van der Waals surface area (Å²) in [6.45, 7) is 2.04. The fraction of sp³-hybridized carbons (Fsp3) is 0.250. The lowest BCUT2D eigenvalue weighted by atomic mass is 9.98. The van der Waals surface area contributed by atoms with Crippen LogP contribution in [-0.4, -0.2) is 12.0 Å². The van der Waals surface area contributed by atoms with Crippen molar-refractivity contribution in [1.29, 1.82) is 0 Å². The molecule has 104 valence electrons. The van der Waals surface area contributed by atoms with Gasteiger partial charge in [0.25, 0.3) is 0 Å². The van der Waals surface area contributed by atoms with E-state index in [1.165, 1.54) is 7.11 Å². The molecule has 0 fully saturated rings. The minimum absolute atomic E-state index is 0.0460. The molecule has 0 unspecified atom stereocenters. The summed E-state index contributed by atoms with van der Waals surface area (Å²) >= 11 is 0. The lowest BCUT2D eigenvalue weighted by molar-refractivity contribution is -0.385. The van der Waals surface area contributed by atoms with Crippen LogP contribution in [0.4, 0.5) is 5.69 Å². The average molecular weight is 271 g/mol. The zero-order valence-corrected chi connectivity index (χ0v) is 11.6. The highest BCUT2D eigenvalue weighted by Crippen LogP contribution is 2.40. The van der Waals surface area contributed by atoms with Crippen LogP contribution in [0, 0.1) is 10.1 Å². The summed E-state index contributed by atoms with van der Waals surface area (Å²) in [4.78, 5) is 11.1. The second-order valence-corrected chi connectivity index (χ2v) is 4.53. The third-order valence-electron chi connectivity index (χ3n) is 3.20. The summed E-state index contributed by atoms with van der Waals surface area (Å²) in [6.07, 6.45) is 1.68. The van der Waals surface area contributed by atoms with E-state index in [0.717, 1.165) is 24.0 Å². The van der Waals surface area contributed by atoms with Crippen LogP contribution in [0.3, 0.4) is 0 Å². The molecular formula is C16H17NO3. The largest absolute Gasteiger partial charge is 0.490 e. The Bertz CT molecular complexity index is 609. The molecule has 0 N–H and O–H groups in total. The highest BCUT2D eigenvalue weighted by atomic mass is 16.6. The Morgan fingerprint density at radius 1 is 1.15 bits per heavy atom. The number of hydrogen-bond acceptors (Lipinski definition) is 3. The fourth-order valence-corrected chi connectivity index (χ4v) is 2.34. The predicted octanol–water partition coefficient (Wildman–Crippen LogP) is 4.22. The summed E-state index contributed by atoms with van der Waals surface area (Å²) < 4.78 is 5.31. The lowest BCUT2D eigenvalue weighted by Crippen LogP contribution is -2.00. The number of nitrogens with zero attached hydrogens (tertiary/aromatic N) is 1. The van der Waals surface area contributed by atoms with Crippen molar-refractivity contribution in [3.8, 4) is 16.9 Å². The van der Waals surface area contributed by atoms with Gasteiger partial charge in [0.1, 0.15) is 0 Å². The maximum Gasteiger partial charge on any atom is 0.318 e. The van der Waals surface area contributed by atoms with Gasteiger partial charge < -0.3 is 4.74 Å². The average Bonchev–Trinajstić information content (AvgIpc) is 2.47. The molecule has 0 heterocycles. The molecule has 20 heavy (non-hydrogen) atoms. The summed E-state index contributed by atoms with van der Waals surface area (Å²) in [5, 5.41) is 11.5. The number of aryl methyl sites for hydroxylation is 1. The van der Waals surface area contributed by atoms with E-state index in [9.17, 15) is 10.1 Å². The van der Waals surface area contributed by atoms with E-state index in [-0.39, 0.29) is 10.6 Å². The van der Waals surface area contributed by atoms with Gasteiger partial charge in [0.05, 0.1) is 17.6 Å². The number of hydrogen-bond donors (Lipinski definition) is 0. The smallest absolute Gasteiger partial charge is 0.318 e. The third-order valence-corrected chi connectivity index (χ3v) is 3.20. The first-order valence-corrected chi connectivity index (χ1v) is 6.58. The summed E-state index contributed by atoms with van der Waals surface area (Å²) in [7, 11) is 1.48. The molecule has 0 saturated heterocycles. The van der Waals surface area contributed by atoms with Gasteiger partial charge >= 0.3 is 5.69 Å². The first-order chi connectivity index (χ1) is 9.69. The molecule has 2 aromatic carbocycles. The summed E-state index contributed by atoms with van der Waals surface area (Å²) in [5.41, 5.74) is 2.33. The van der Waals surface area contributed by atoms with E-state index in [0.29, 0.717) is 11.3 Å². The van der Waals surface area contributed by atoms with Gasteiger partial charge in [0.2, 0.25) is 5.75 Å². The first-order valence-electron chi connectivity index (χ1n) is 6.58. The zero-order valence-electron chi connectivity index (χ0n) is 11.6. The van der Waals surface area contributed by atoms with Crippen LogP contribution in [0.2, 0.25) is 0 Å². The van der Waals surface area contributed by atoms with Crippen molar-refractivity contribution < 1.29 is 9.66 Å². The van der Waals surface area contributed by atoms with Gasteiger partial charge in [0.15, 0.2) is 0 Å². The topological polar surface area (TPSA) is 52.4 Å². The Kier molecular flexibility index (Phi) is 4.35. The van der Waals surface area contributed by atoms with Gasteiger partial charge in [-0.15, -0.1) is 0 Å². The molecule has 0 saturated carbocycles. The minimum atomic E-state index is -0.361. The normalized spacial score (nSPS) is 10.3. The monoisotopic (exact) mass is 271 g/mol. The molecule has 0 aliphatic rings. The second-order valence-electron chi connectivity index (χ2n) is 4.53. The highest BCUT2D eigenvalue weighted by Gasteiger charge is 2.24. The minimum Gasteiger partial charge on any atom is -0.490 e. The van der Waals surface area contributed by atoms with Crippen molar-refractivity contribution in [3.63, 3.8) is 0 Å². The third kappa shape index (κ3) is 2.64. The first kappa shape index (κ1) is 14.1. The van der Waals surface area contributed by atoms with E-state index in [1.807, 2.05) is 43.3 Å². The van der Waals surface area contributed by atoms with E-state index in [2.05, 4.69) is 0 Å². The standard InChI is InChI=1S/C16H17NO3/c1-3-7-13-10-11-14(12-8-5-4-6-9-12)15(17(18)19)16(13)20-2/h4-6,8-11H,3,7H2,1-2H3. The van der Waals surface area contributed by atoms with Crippen molar-refractivity contribution in [3.05, 3.63) is 58.1 Å². The zero-order chi connectivity index (χ0) is 14.5. The molecule has 0 aromatic heterocycles. The van der Waals surface area contributed by atoms with Gasteiger partial charge in [-0.3, -0.25) is 10.1 Å². The molecule has 0 aliphatic carbocycles. The van der Waals surface area contributed by atoms with Crippen molar-refractivity contribution >= 4 is 5.69 Å². The van der Waals surface area contributed by atoms with Gasteiger partial charge in [-0.25, -0.2) is 0 Å². The molecule has 2 rings (SSSR count). The molecule has 2 aromatic rings. The number of nitro benzene ring substituents is 1. The van der Waals surface area contributed by atoms with Crippen LogP contribution in [-0.2, 0) is 6.42 Å². The molecule has 0 amide bonds. The van der Waals surface area contributed by atoms with Gasteiger partial charge in [0, 0.05) is 5.56 Å². The number of benzene rings is 2. The Morgan fingerprint density at radius 3 is 2.40 bits per heavy atom. The SMILES string of the molecule is CCCc1ccc(-c2ccccc2)c([N+](=O)[O-])c1OC. The van der Waals surface area contributed by atoms with Crippen molar-refractivity contribution in [1.82, 2.24) is 0 Å². The number of rotatable bonds is 5. The molecule has 0 spiro atoms. The van der Waals surface area contributed by atoms with Crippen LogP contribution in [0.15, 0.2) is 42.5 Å². The maximum absolute atomic E-state index is 11.5. The molecule has 0 atom stereocenters. The van der Waals surface area contributed by atoms with Gasteiger partial charge in [-0.2, -0.15) is 0 Å². The molecular weight excluding hydrogens is 254 g/mol. The number of nitro groups is 1.